The largest absolute Gasteiger partial charge is 0.375 e. The zero-order chi connectivity index (χ0) is 16.4. The van der Waals surface area contributed by atoms with Gasteiger partial charge in [-0.05, 0) is 26.5 Å². The van der Waals surface area contributed by atoms with Crippen molar-refractivity contribution in [2.24, 2.45) is 11.0 Å². The second-order valence-electron chi connectivity index (χ2n) is 5.27. The molecule has 0 aliphatic carbocycles. The number of hydrazone groups is 1. The second kappa shape index (κ2) is 9.98. The Kier molecular flexibility index (Phi) is 8.26. The molecule has 2 unspecified atom stereocenters. The van der Waals surface area contributed by atoms with E-state index in [2.05, 4.69) is 34.9 Å². The van der Waals surface area contributed by atoms with Crippen LogP contribution in [0, 0.1) is 17.2 Å². The second-order valence-corrected chi connectivity index (χ2v) is 5.27. The smallest absolute Gasteiger partial charge is 0.0904 e. The highest BCUT2D eigenvalue weighted by Gasteiger charge is 2.17. The van der Waals surface area contributed by atoms with Gasteiger partial charge in [0.25, 0.3) is 0 Å². The maximum atomic E-state index is 8.86. The van der Waals surface area contributed by atoms with E-state index in [-0.39, 0.29) is 12.0 Å². The predicted molar refractivity (Wildman–Crippen MR) is 88.9 cm³/mol. The standard InChI is InChI=1S/C16H27N5O/c1-5-16(20-7-8-22-15(4)11-20)12-21(13-18-6-2)19-10-14(3)9-17/h5,10,12,14-15,18H,1,6-8,11,13H2,2-4H3/b16-12+,19-10-. The molecule has 1 saturated heterocycles. The summed E-state index contributed by atoms with van der Waals surface area (Å²) in [5, 5.41) is 18.3. The Balaban J connectivity index is 2.83. The first-order chi connectivity index (χ1) is 10.6. The highest BCUT2D eigenvalue weighted by Crippen LogP contribution is 2.13. The molecule has 6 nitrogen and oxygen atoms in total. The molecule has 0 radical (unpaired) electrons. The molecule has 2 atom stereocenters. The molecule has 1 N–H and O–H groups in total. The van der Waals surface area contributed by atoms with E-state index in [1.807, 2.05) is 26.1 Å². The van der Waals surface area contributed by atoms with Crippen LogP contribution in [0.4, 0.5) is 0 Å². The summed E-state index contributed by atoms with van der Waals surface area (Å²) in [5.74, 6) is -0.215. The van der Waals surface area contributed by atoms with Gasteiger partial charge in [0.05, 0.1) is 37.1 Å². The molecule has 0 saturated carbocycles. The van der Waals surface area contributed by atoms with Crippen LogP contribution in [0.25, 0.3) is 0 Å². The molecule has 22 heavy (non-hydrogen) atoms. The molecule has 1 aliphatic rings. The lowest BCUT2D eigenvalue weighted by atomic mass is 10.2. The first-order valence-electron chi connectivity index (χ1n) is 7.72. The van der Waals surface area contributed by atoms with Crippen molar-refractivity contribution in [2.45, 2.75) is 26.9 Å². The first kappa shape index (κ1) is 18.2. The maximum Gasteiger partial charge on any atom is 0.0904 e. The van der Waals surface area contributed by atoms with Crippen LogP contribution in [0.1, 0.15) is 20.8 Å². The molecule has 122 valence electrons. The van der Waals surface area contributed by atoms with E-state index in [1.165, 1.54) is 0 Å². The van der Waals surface area contributed by atoms with E-state index in [9.17, 15) is 0 Å². The SMILES string of the molecule is C=C/C(=C\N(CNCC)/N=C\C(C)C#N)N1CCOC(C)C1. The van der Waals surface area contributed by atoms with Crippen LogP contribution >= 0.6 is 0 Å². The van der Waals surface area contributed by atoms with Gasteiger partial charge in [-0.2, -0.15) is 10.4 Å². The van der Waals surface area contributed by atoms with E-state index in [0.717, 1.165) is 25.3 Å². The minimum atomic E-state index is -0.215. The number of hydrogen-bond acceptors (Lipinski definition) is 6. The summed E-state index contributed by atoms with van der Waals surface area (Å²) < 4.78 is 5.57. The normalized spacial score (nSPS) is 20.7. The number of hydrogen-bond donors (Lipinski definition) is 1. The van der Waals surface area contributed by atoms with Gasteiger partial charge in [-0.25, -0.2) is 0 Å². The summed E-state index contributed by atoms with van der Waals surface area (Å²) in [6.07, 6.45) is 5.65. The molecular formula is C16H27N5O. The van der Waals surface area contributed by atoms with Crippen molar-refractivity contribution in [3.8, 4) is 6.07 Å². The third-order valence-corrected chi connectivity index (χ3v) is 3.26. The molecule has 0 aromatic heterocycles. The Morgan fingerprint density at radius 2 is 2.45 bits per heavy atom. The van der Waals surface area contributed by atoms with Gasteiger partial charge in [0, 0.05) is 25.5 Å². The minimum absolute atomic E-state index is 0.210. The highest BCUT2D eigenvalue weighted by atomic mass is 16.5. The highest BCUT2D eigenvalue weighted by molar-refractivity contribution is 5.63. The molecule has 0 spiro atoms. The van der Waals surface area contributed by atoms with Gasteiger partial charge in [-0.15, -0.1) is 0 Å². The van der Waals surface area contributed by atoms with Crippen molar-refractivity contribution in [1.82, 2.24) is 15.2 Å². The Bertz CT molecular complexity index is 440. The number of nitriles is 1. The first-order valence-corrected chi connectivity index (χ1v) is 7.72. The topological polar surface area (TPSA) is 63.9 Å². The third kappa shape index (κ3) is 6.29. The zero-order valence-electron chi connectivity index (χ0n) is 13.8. The molecular weight excluding hydrogens is 278 g/mol. The molecule has 0 bridgehead atoms. The lowest BCUT2D eigenvalue weighted by molar-refractivity contribution is -0.00501. The summed E-state index contributed by atoms with van der Waals surface area (Å²) in [6.45, 7) is 13.7. The molecule has 1 fully saturated rings. The van der Waals surface area contributed by atoms with Crippen LogP contribution in [-0.4, -0.2) is 55.1 Å². The average molecular weight is 305 g/mol. The molecule has 1 aliphatic heterocycles. The maximum absolute atomic E-state index is 8.86. The number of ether oxygens (including phenoxy) is 1. The lowest BCUT2D eigenvalue weighted by Crippen LogP contribution is -2.40. The van der Waals surface area contributed by atoms with Crippen molar-refractivity contribution in [2.75, 3.05) is 32.9 Å². The van der Waals surface area contributed by atoms with Gasteiger partial charge >= 0.3 is 0 Å². The number of nitrogens with one attached hydrogen (secondary N) is 1. The van der Waals surface area contributed by atoms with E-state index >= 15 is 0 Å². The monoisotopic (exact) mass is 305 g/mol. The summed E-state index contributed by atoms with van der Waals surface area (Å²) >= 11 is 0. The summed E-state index contributed by atoms with van der Waals surface area (Å²) in [7, 11) is 0. The Labute approximate surface area is 133 Å². The van der Waals surface area contributed by atoms with Crippen molar-refractivity contribution < 1.29 is 4.74 Å². The average Bonchev–Trinajstić information content (AvgIpc) is 2.53. The molecule has 0 aromatic rings. The number of allylic oxidation sites excluding steroid dienone is 1. The van der Waals surface area contributed by atoms with Crippen molar-refractivity contribution >= 4 is 6.21 Å². The van der Waals surface area contributed by atoms with Gasteiger partial charge in [0.2, 0.25) is 0 Å². The Morgan fingerprint density at radius 3 is 3.05 bits per heavy atom. The summed E-state index contributed by atoms with van der Waals surface area (Å²) in [4.78, 5) is 2.24. The van der Waals surface area contributed by atoms with Crippen molar-refractivity contribution in [3.05, 3.63) is 24.6 Å². The molecule has 1 heterocycles. The Morgan fingerprint density at radius 1 is 1.68 bits per heavy atom. The molecule has 0 amide bonds. The number of nitrogens with zero attached hydrogens (tertiary/aromatic N) is 4. The molecule has 0 aromatic carbocycles. The van der Waals surface area contributed by atoms with E-state index in [0.29, 0.717) is 13.3 Å². The van der Waals surface area contributed by atoms with Gasteiger partial charge in [0.15, 0.2) is 0 Å². The number of rotatable bonds is 8. The van der Waals surface area contributed by atoms with Crippen LogP contribution in [0.15, 0.2) is 29.7 Å². The summed E-state index contributed by atoms with van der Waals surface area (Å²) in [6, 6.07) is 2.15. The predicted octanol–water partition coefficient (Wildman–Crippen LogP) is 1.75. The Hall–Kier alpha value is -1.84. The molecule has 1 rings (SSSR count). The van der Waals surface area contributed by atoms with Gasteiger partial charge < -0.3 is 9.64 Å². The van der Waals surface area contributed by atoms with Crippen molar-refractivity contribution in [3.63, 3.8) is 0 Å². The van der Waals surface area contributed by atoms with Crippen LogP contribution < -0.4 is 5.32 Å². The van der Waals surface area contributed by atoms with Gasteiger partial charge in [0.1, 0.15) is 0 Å². The fourth-order valence-electron chi connectivity index (χ4n) is 2.03. The van der Waals surface area contributed by atoms with E-state index in [1.54, 1.807) is 11.2 Å². The van der Waals surface area contributed by atoms with Gasteiger partial charge in [-0.1, -0.05) is 13.5 Å². The van der Waals surface area contributed by atoms with Crippen LogP contribution in [0.5, 0.6) is 0 Å². The van der Waals surface area contributed by atoms with E-state index in [4.69, 9.17) is 10.00 Å². The third-order valence-electron chi connectivity index (χ3n) is 3.26. The zero-order valence-corrected chi connectivity index (χ0v) is 13.8. The quantitative estimate of drug-likeness (QED) is 0.320. The van der Waals surface area contributed by atoms with Gasteiger partial charge in [-0.3, -0.25) is 10.3 Å². The summed E-state index contributed by atoms with van der Waals surface area (Å²) in [5.41, 5.74) is 1.01. The van der Waals surface area contributed by atoms with E-state index < -0.39 is 0 Å². The van der Waals surface area contributed by atoms with Crippen molar-refractivity contribution in [1.29, 1.82) is 5.26 Å². The molecule has 6 heteroatoms. The lowest BCUT2D eigenvalue weighted by Gasteiger charge is -2.34. The van der Waals surface area contributed by atoms with Crippen LogP contribution in [0.2, 0.25) is 0 Å². The fourth-order valence-corrected chi connectivity index (χ4v) is 2.03. The van der Waals surface area contributed by atoms with Crippen LogP contribution in [0.3, 0.4) is 0 Å². The van der Waals surface area contributed by atoms with Crippen LogP contribution in [-0.2, 0) is 4.74 Å². The fraction of sp³-hybridized carbons (Fsp3) is 0.625. The number of morpholine rings is 1. The minimum Gasteiger partial charge on any atom is -0.375 e.